The van der Waals surface area contributed by atoms with E-state index in [0.717, 1.165) is 64.0 Å². The number of rotatable bonds is 7. The van der Waals surface area contributed by atoms with Crippen LogP contribution in [-0.4, -0.2) is 64.9 Å². The molecule has 2 saturated heterocycles. The number of carboxylic acid groups (broad SMARTS) is 1. The maximum Gasteiger partial charge on any atom is 0.490 e. The first-order chi connectivity index (χ1) is 15.7. The van der Waals surface area contributed by atoms with Gasteiger partial charge in [-0.3, -0.25) is 9.78 Å². The Morgan fingerprint density at radius 2 is 1.94 bits per heavy atom. The number of hydrogen-bond acceptors (Lipinski definition) is 5. The molecule has 1 aromatic heterocycles. The van der Waals surface area contributed by atoms with Gasteiger partial charge in [0.15, 0.2) is 0 Å². The Hall–Kier alpha value is -2.20. The van der Waals surface area contributed by atoms with Crippen molar-refractivity contribution < 1.29 is 37.3 Å². The molecule has 1 amide bonds. The van der Waals surface area contributed by atoms with E-state index in [-0.39, 0.29) is 5.60 Å². The molecule has 1 atom stereocenters. The number of aromatic nitrogens is 1. The van der Waals surface area contributed by atoms with E-state index in [4.69, 9.17) is 19.4 Å². The zero-order valence-corrected chi connectivity index (χ0v) is 18.6. The molecule has 1 unspecified atom stereocenters. The summed E-state index contributed by atoms with van der Waals surface area (Å²) in [6.45, 7) is 3.95. The van der Waals surface area contributed by atoms with Gasteiger partial charge in [0.25, 0.3) is 0 Å². The number of piperidine rings is 1. The minimum atomic E-state index is -5.08. The van der Waals surface area contributed by atoms with E-state index >= 15 is 0 Å². The summed E-state index contributed by atoms with van der Waals surface area (Å²) in [5.74, 6) is -1.17. The highest BCUT2D eigenvalue weighted by molar-refractivity contribution is 5.76. The van der Waals surface area contributed by atoms with Crippen molar-refractivity contribution in [3.05, 3.63) is 30.1 Å². The number of carboxylic acids is 1. The summed E-state index contributed by atoms with van der Waals surface area (Å²) in [6.07, 6.45) is 5.93. The van der Waals surface area contributed by atoms with Crippen LogP contribution in [0.25, 0.3) is 0 Å². The maximum absolute atomic E-state index is 12.3. The number of alkyl halides is 3. The van der Waals surface area contributed by atoms with Crippen LogP contribution < -0.4 is 0 Å². The minimum absolute atomic E-state index is 0.0198. The Labute approximate surface area is 191 Å². The molecule has 33 heavy (non-hydrogen) atoms. The van der Waals surface area contributed by atoms with E-state index in [1.165, 1.54) is 12.8 Å². The molecule has 0 bridgehead atoms. The Morgan fingerprint density at radius 3 is 2.52 bits per heavy atom. The van der Waals surface area contributed by atoms with E-state index in [9.17, 15) is 18.0 Å². The van der Waals surface area contributed by atoms with Crippen LogP contribution in [-0.2, 0) is 25.7 Å². The lowest BCUT2D eigenvalue weighted by molar-refractivity contribution is -0.192. The normalized spacial score (nSPS) is 22.0. The summed E-state index contributed by atoms with van der Waals surface area (Å²) >= 11 is 0. The Bertz CT molecular complexity index is 778. The largest absolute Gasteiger partial charge is 0.490 e. The van der Waals surface area contributed by atoms with Gasteiger partial charge in [-0.25, -0.2) is 4.79 Å². The molecule has 10 heteroatoms. The zero-order valence-electron chi connectivity index (χ0n) is 18.6. The van der Waals surface area contributed by atoms with Crippen molar-refractivity contribution >= 4 is 11.9 Å². The summed E-state index contributed by atoms with van der Waals surface area (Å²) < 4.78 is 43.8. The number of ether oxygens (including phenoxy) is 2. The number of halogens is 3. The number of carbonyl (C=O) groups excluding carboxylic acids is 1. The highest BCUT2D eigenvalue weighted by atomic mass is 19.4. The lowest BCUT2D eigenvalue weighted by atomic mass is 9.78. The molecular formula is C23H31F3N2O5. The number of aliphatic carboxylic acids is 1. The van der Waals surface area contributed by atoms with E-state index in [1.54, 1.807) is 6.20 Å². The summed E-state index contributed by atoms with van der Waals surface area (Å²) in [5, 5.41) is 7.12. The zero-order chi connectivity index (χ0) is 23.9. The SMILES string of the molecule is O=C(CC1CC1)N1CCC2(CC1)OCCC2CCOCc1cccnc1.O=C(O)C(F)(F)F. The molecule has 1 aromatic rings. The van der Waals surface area contributed by atoms with Crippen LogP contribution in [0.2, 0.25) is 0 Å². The molecule has 1 aliphatic carbocycles. The standard InChI is InChI=1S/C21H30N2O3.C2HF3O2/c24-20(14-17-3-4-17)23-10-7-21(8-11-23)19(6-13-26-21)5-12-25-16-18-2-1-9-22-15-18;3-2(4,5)1(6)7/h1-2,9,15,17,19H,3-8,10-14,16H2;(H,6,7). The average molecular weight is 473 g/mol. The van der Waals surface area contributed by atoms with Crippen molar-refractivity contribution in [2.75, 3.05) is 26.3 Å². The molecule has 1 N–H and O–H groups in total. The third-order valence-electron chi connectivity index (χ3n) is 6.57. The summed E-state index contributed by atoms with van der Waals surface area (Å²) in [6, 6.07) is 3.98. The fraction of sp³-hybridized carbons (Fsp3) is 0.696. The lowest BCUT2D eigenvalue weighted by Gasteiger charge is -2.42. The molecule has 1 saturated carbocycles. The van der Waals surface area contributed by atoms with Gasteiger partial charge in [-0.2, -0.15) is 13.2 Å². The second-order valence-corrected chi connectivity index (χ2v) is 8.93. The van der Waals surface area contributed by atoms with Gasteiger partial charge in [-0.05, 0) is 62.0 Å². The molecule has 2 aliphatic heterocycles. The van der Waals surface area contributed by atoms with Crippen LogP contribution in [0.3, 0.4) is 0 Å². The lowest BCUT2D eigenvalue weighted by Crippen LogP contribution is -2.49. The number of pyridine rings is 1. The molecular weight excluding hydrogens is 441 g/mol. The van der Waals surface area contributed by atoms with E-state index in [0.29, 0.717) is 24.3 Å². The van der Waals surface area contributed by atoms with Gasteiger partial charge < -0.3 is 19.5 Å². The predicted octanol–water partition coefficient (Wildman–Crippen LogP) is 3.82. The summed E-state index contributed by atoms with van der Waals surface area (Å²) in [7, 11) is 0. The maximum atomic E-state index is 12.3. The molecule has 184 valence electrons. The van der Waals surface area contributed by atoms with Crippen LogP contribution in [0, 0.1) is 11.8 Å². The van der Waals surface area contributed by atoms with Crippen molar-refractivity contribution in [2.45, 2.75) is 63.3 Å². The molecule has 3 fully saturated rings. The van der Waals surface area contributed by atoms with Gasteiger partial charge in [0.05, 0.1) is 12.2 Å². The van der Waals surface area contributed by atoms with E-state index in [1.807, 2.05) is 18.3 Å². The number of carbonyl (C=O) groups is 2. The Kier molecular flexibility index (Phi) is 8.69. The highest BCUT2D eigenvalue weighted by Gasteiger charge is 2.46. The molecule has 3 aliphatic rings. The monoisotopic (exact) mass is 472 g/mol. The first-order valence-corrected chi connectivity index (χ1v) is 11.4. The number of hydrogen-bond donors (Lipinski definition) is 1. The molecule has 0 aromatic carbocycles. The van der Waals surface area contributed by atoms with Crippen LogP contribution in [0.15, 0.2) is 24.5 Å². The van der Waals surface area contributed by atoms with Crippen molar-refractivity contribution in [3.8, 4) is 0 Å². The quantitative estimate of drug-likeness (QED) is 0.607. The molecule has 1 spiro atoms. The van der Waals surface area contributed by atoms with Gasteiger partial charge in [0, 0.05) is 45.1 Å². The number of amides is 1. The number of nitrogens with zero attached hydrogens (tertiary/aromatic N) is 2. The molecule has 0 radical (unpaired) electrons. The second kappa shape index (κ2) is 11.3. The molecule has 7 nitrogen and oxygen atoms in total. The second-order valence-electron chi connectivity index (χ2n) is 8.93. The van der Waals surface area contributed by atoms with Gasteiger partial charge in [-0.1, -0.05) is 6.07 Å². The van der Waals surface area contributed by atoms with Gasteiger partial charge in [0.1, 0.15) is 0 Å². The highest BCUT2D eigenvalue weighted by Crippen LogP contribution is 2.43. The van der Waals surface area contributed by atoms with Crippen LogP contribution in [0.1, 0.15) is 50.5 Å². The van der Waals surface area contributed by atoms with Gasteiger partial charge in [-0.15, -0.1) is 0 Å². The Morgan fingerprint density at radius 1 is 1.24 bits per heavy atom. The van der Waals surface area contributed by atoms with Crippen LogP contribution in [0.4, 0.5) is 13.2 Å². The Balaban J connectivity index is 0.000000383. The third-order valence-corrected chi connectivity index (χ3v) is 6.57. The van der Waals surface area contributed by atoms with Crippen molar-refractivity contribution in [2.24, 2.45) is 11.8 Å². The van der Waals surface area contributed by atoms with Crippen molar-refractivity contribution in [1.82, 2.24) is 9.88 Å². The number of likely N-dealkylation sites (tertiary alicyclic amines) is 1. The van der Waals surface area contributed by atoms with E-state index in [2.05, 4.69) is 9.88 Å². The fourth-order valence-electron chi connectivity index (χ4n) is 4.48. The summed E-state index contributed by atoms with van der Waals surface area (Å²) in [4.78, 5) is 27.4. The first kappa shape index (κ1) is 25.4. The van der Waals surface area contributed by atoms with E-state index < -0.39 is 12.1 Å². The van der Waals surface area contributed by atoms with Crippen molar-refractivity contribution in [1.29, 1.82) is 0 Å². The first-order valence-electron chi connectivity index (χ1n) is 11.4. The van der Waals surface area contributed by atoms with Crippen LogP contribution >= 0.6 is 0 Å². The average Bonchev–Trinajstić information content (AvgIpc) is 3.52. The molecule has 3 heterocycles. The van der Waals surface area contributed by atoms with Crippen molar-refractivity contribution in [3.63, 3.8) is 0 Å². The van der Waals surface area contributed by atoms with Gasteiger partial charge in [0.2, 0.25) is 5.91 Å². The third kappa shape index (κ3) is 7.67. The minimum Gasteiger partial charge on any atom is -0.475 e. The van der Waals surface area contributed by atoms with Crippen LogP contribution in [0.5, 0.6) is 0 Å². The molecule has 4 rings (SSSR count). The fourth-order valence-corrected chi connectivity index (χ4v) is 4.48. The topological polar surface area (TPSA) is 89.0 Å². The smallest absolute Gasteiger partial charge is 0.475 e. The summed E-state index contributed by atoms with van der Waals surface area (Å²) in [5.41, 5.74) is 1.10. The van der Waals surface area contributed by atoms with Gasteiger partial charge >= 0.3 is 12.1 Å². The predicted molar refractivity (Wildman–Crippen MR) is 112 cm³/mol.